The summed E-state index contributed by atoms with van der Waals surface area (Å²) in [6.07, 6.45) is 0. The fourth-order valence-corrected chi connectivity index (χ4v) is 3.71. The van der Waals surface area contributed by atoms with Gasteiger partial charge in [0.25, 0.3) is 5.91 Å². The molecule has 0 aliphatic carbocycles. The molecule has 2 atom stereocenters. The Morgan fingerprint density at radius 3 is 2.29 bits per heavy atom. The highest BCUT2D eigenvalue weighted by Gasteiger charge is 2.40. The molecule has 2 aliphatic rings. The Hall–Kier alpha value is -1.68. The van der Waals surface area contributed by atoms with E-state index < -0.39 is 0 Å². The summed E-state index contributed by atoms with van der Waals surface area (Å²) in [5, 5.41) is 0. The van der Waals surface area contributed by atoms with Gasteiger partial charge in [0.05, 0.1) is 0 Å². The monoisotopic (exact) mass is 286 g/mol. The molecule has 0 spiro atoms. The van der Waals surface area contributed by atoms with Crippen LogP contribution in [0.15, 0.2) is 18.2 Å². The Balaban J connectivity index is 1.78. The van der Waals surface area contributed by atoms with Crippen molar-refractivity contribution in [2.24, 2.45) is 11.8 Å². The molecule has 3 rings (SSSR count). The van der Waals surface area contributed by atoms with Gasteiger partial charge in [-0.3, -0.25) is 9.59 Å². The second-order valence-corrected chi connectivity index (χ2v) is 6.54. The quantitative estimate of drug-likeness (QED) is 0.779. The number of ketones is 1. The van der Waals surface area contributed by atoms with E-state index in [1.807, 2.05) is 24.0 Å². The van der Waals surface area contributed by atoms with Crippen LogP contribution in [0.1, 0.15) is 33.2 Å². The van der Waals surface area contributed by atoms with Gasteiger partial charge in [-0.25, -0.2) is 0 Å². The predicted octanol–water partition coefficient (Wildman–Crippen LogP) is 1.83. The molecule has 0 N–H and O–H groups in total. The summed E-state index contributed by atoms with van der Waals surface area (Å²) in [6.45, 7) is 7.31. The summed E-state index contributed by atoms with van der Waals surface area (Å²) < 4.78 is 0. The van der Waals surface area contributed by atoms with Gasteiger partial charge in [0, 0.05) is 37.3 Å². The Bertz CT molecular complexity index is 582. The Labute approximate surface area is 125 Å². The van der Waals surface area contributed by atoms with Crippen molar-refractivity contribution in [3.63, 3.8) is 0 Å². The highest BCUT2D eigenvalue weighted by Crippen LogP contribution is 2.31. The van der Waals surface area contributed by atoms with E-state index in [2.05, 4.69) is 11.9 Å². The van der Waals surface area contributed by atoms with E-state index in [9.17, 15) is 9.59 Å². The average Bonchev–Trinajstić information content (AvgIpc) is 2.95. The minimum absolute atomic E-state index is 0.0158. The van der Waals surface area contributed by atoms with Crippen LogP contribution >= 0.6 is 0 Å². The van der Waals surface area contributed by atoms with E-state index in [1.54, 1.807) is 13.0 Å². The summed E-state index contributed by atoms with van der Waals surface area (Å²) in [6, 6.07) is 5.46. The van der Waals surface area contributed by atoms with E-state index in [4.69, 9.17) is 0 Å². The molecule has 0 bridgehead atoms. The number of aryl methyl sites for hydroxylation is 1. The number of amides is 1. The van der Waals surface area contributed by atoms with Gasteiger partial charge in [-0.2, -0.15) is 0 Å². The first-order valence-electron chi connectivity index (χ1n) is 7.55. The van der Waals surface area contributed by atoms with Gasteiger partial charge in [0.15, 0.2) is 5.78 Å². The zero-order valence-electron chi connectivity index (χ0n) is 12.9. The third-order valence-electron chi connectivity index (χ3n) is 4.82. The van der Waals surface area contributed by atoms with Crippen LogP contribution in [-0.4, -0.2) is 54.7 Å². The van der Waals surface area contributed by atoms with Crippen LogP contribution in [0, 0.1) is 18.8 Å². The lowest BCUT2D eigenvalue weighted by Crippen LogP contribution is -2.32. The van der Waals surface area contributed by atoms with Crippen molar-refractivity contribution < 1.29 is 9.59 Å². The van der Waals surface area contributed by atoms with Crippen LogP contribution in [0.3, 0.4) is 0 Å². The summed E-state index contributed by atoms with van der Waals surface area (Å²) in [4.78, 5) is 28.6. The van der Waals surface area contributed by atoms with Gasteiger partial charge in [0.2, 0.25) is 0 Å². The average molecular weight is 286 g/mol. The molecule has 1 aromatic rings. The molecule has 2 saturated heterocycles. The van der Waals surface area contributed by atoms with E-state index in [-0.39, 0.29) is 11.7 Å². The highest BCUT2D eigenvalue weighted by atomic mass is 16.2. The molecule has 0 saturated carbocycles. The fourth-order valence-electron chi connectivity index (χ4n) is 3.71. The lowest BCUT2D eigenvalue weighted by atomic mass is 10.0. The van der Waals surface area contributed by atoms with Crippen LogP contribution < -0.4 is 0 Å². The summed E-state index contributed by atoms with van der Waals surface area (Å²) >= 11 is 0. The molecule has 112 valence electrons. The number of carbonyl (C=O) groups excluding carboxylic acids is 2. The zero-order chi connectivity index (χ0) is 15.1. The van der Waals surface area contributed by atoms with E-state index in [0.717, 1.165) is 31.7 Å². The van der Waals surface area contributed by atoms with Crippen LogP contribution in [0.25, 0.3) is 0 Å². The van der Waals surface area contributed by atoms with Gasteiger partial charge >= 0.3 is 0 Å². The van der Waals surface area contributed by atoms with Crippen LogP contribution in [0.5, 0.6) is 0 Å². The standard InChI is InChI=1S/C17H22N2O2/c1-11-4-5-13(6-16(11)12(2)20)17(21)19-9-14-7-18(3)8-15(14)10-19/h4-6,14-15H,7-10H2,1-3H3/t14-,15+. The maximum atomic E-state index is 12.6. The van der Waals surface area contributed by atoms with E-state index >= 15 is 0 Å². The number of likely N-dealkylation sites (tertiary alicyclic amines) is 2. The van der Waals surface area contributed by atoms with E-state index in [1.165, 1.54) is 0 Å². The number of rotatable bonds is 2. The zero-order valence-corrected chi connectivity index (χ0v) is 12.9. The Morgan fingerprint density at radius 2 is 1.71 bits per heavy atom. The van der Waals surface area contributed by atoms with Gasteiger partial charge in [0.1, 0.15) is 0 Å². The number of fused-ring (bicyclic) bond motifs is 1. The van der Waals surface area contributed by atoms with Crippen molar-refractivity contribution in [1.82, 2.24) is 9.80 Å². The predicted molar refractivity (Wildman–Crippen MR) is 81.6 cm³/mol. The van der Waals surface area contributed by atoms with Crippen LogP contribution in [0.4, 0.5) is 0 Å². The lowest BCUT2D eigenvalue weighted by molar-refractivity contribution is 0.0776. The molecule has 0 aromatic heterocycles. The van der Waals surface area contributed by atoms with Gasteiger partial charge in [-0.1, -0.05) is 6.07 Å². The number of carbonyl (C=O) groups is 2. The first-order valence-corrected chi connectivity index (χ1v) is 7.55. The third-order valence-corrected chi connectivity index (χ3v) is 4.82. The first-order chi connectivity index (χ1) is 9.95. The maximum Gasteiger partial charge on any atom is 0.253 e. The molecule has 1 aromatic carbocycles. The maximum absolute atomic E-state index is 12.6. The molecule has 0 radical (unpaired) electrons. The van der Waals surface area contributed by atoms with Crippen molar-refractivity contribution in [3.05, 3.63) is 34.9 Å². The molecular formula is C17H22N2O2. The Kier molecular flexibility index (Phi) is 3.57. The highest BCUT2D eigenvalue weighted by molar-refractivity contribution is 6.00. The largest absolute Gasteiger partial charge is 0.338 e. The van der Waals surface area contributed by atoms with Gasteiger partial charge in [-0.05, 0) is 50.4 Å². The molecular weight excluding hydrogens is 264 g/mol. The summed E-state index contributed by atoms with van der Waals surface area (Å²) in [5.74, 6) is 1.30. The second kappa shape index (κ2) is 5.26. The molecule has 4 heteroatoms. The number of benzene rings is 1. The van der Waals surface area contributed by atoms with Gasteiger partial charge in [-0.15, -0.1) is 0 Å². The SMILES string of the molecule is CC(=O)c1cc(C(=O)N2C[C@H]3CN(C)C[C@H]3C2)ccc1C. The fraction of sp³-hybridized carbons (Fsp3) is 0.529. The van der Waals surface area contributed by atoms with Crippen molar-refractivity contribution in [3.8, 4) is 0 Å². The number of hydrogen-bond acceptors (Lipinski definition) is 3. The molecule has 4 nitrogen and oxygen atoms in total. The number of hydrogen-bond donors (Lipinski definition) is 0. The van der Waals surface area contributed by atoms with Crippen LogP contribution in [0.2, 0.25) is 0 Å². The molecule has 21 heavy (non-hydrogen) atoms. The van der Waals surface area contributed by atoms with Gasteiger partial charge < -0.3 is 9.80 Å². The lowest BCUT2D eigenvalue weighted by Gasteiger charge is -2.20. The summed E-state index contributed by atoms with van der Waals surface area (Å²) in [7, 11) is 2.14. The summed E-state index contributed by atoms with van der Waals surface area (Å²) in [5.41, 5.74) is 2.22. The minimum Gasteiger partial charge on any atom is -0.338 e. The van der Waals surface area contributed by atoms with E-state index in [0.29, 0.717) is 23.0 Å². The smallest absolute Gasteiger partial charge is 0.253 e. The molecule has 0 unspecified atom stereocenters. The number of nitrogens with zero attached hydrogens (tertiary/aromatic N) is 2. The van der Waals surface area contributed by atoms with Crippen molar-refractivity contribution in [2.75, 3.05) is 33.2 Å². The minimum atomic E-state index is 0.0158. The van der Waals surface area contributed by atoms with Crippen molar-refractivity contribution >= 4 is 11.7 Å². The molecule has 2 fully saturated rings. The van der Waals surface area contributed by atoms with Crippen molar-refractivity contribution in [2.45, 2.75) is 13.8 Å². The number of Topliss-reactive ketones (excluding diaryl/α,β-unsaturated/α-hetero) is 1. The topological polar surface area (TPSA) is 40.6 Å². The van der Waals surface area contributed by atoms with Crippen molar-refractivity contribution in [1.29, 1.82) is 0 Å². The Morgan fingerprint density at radius 1 is 1.10 bits per heavy atom. The second-order valence-electron chi connectivity index (χ2n) is 6.54. The van der Waals surface area contributed by atoms with Crippen LogP contribution in [-0.2, 0) is 0 Å². The molecule has 1 amide bonds. The third kappa shape index (κ3) is 2.60. The first kappa shape index (κ1) is 14.3. The molecule has 2 aliphatic heterocycles. The normalized spacial score (nSPS) is 25.2. The molecule has 2 heterocycles.